The number of nitrogen functional groups attached to an aromatic ring is 1. The third kappa shape index (κ3) is 2.74. The molecular weight excluding hydrogens is 342 g/mol. The highest BCUT2D eigenvalue weighted by Gasteiger charge is 2.27. The van der Waals surface area contributed by atoms with Gasteiger partial charge >= 0.3 is 0 Å². The fraction of sp³-hybridized carbons (Fsp3) is 0.400. The smallest absolute Gasteiger partial charge is 0.278 e. The fourth-order valence-electron chi connectivity index (χ4n) is 3.87. The zero-order valence-corrected chi connectivity index (χ0v) is 15.7. The first-order valence-corrected chi connectivity index (χ1v) is 9.46. The molecule has 1 aliphatic heterocycles. The van der Waals surface area contributed by atoms with E-state index < -0.39 is 0 Å². The molecule has 1 aliphatic rings. The second-order valence-electron chi connectivity index (χ2n) is 7.08. The number of hydrogen-bond acceptors (Lipinski definition) is 4. The van der Waals surface area contributed by atoms with E-state index in [0.717, 1.165) is 37.9 Å². The number of anilines is 1. The molecule has 0 aromatic carbocycles. The molecule has 1 amide bonds. The predicted molar refractivity (Wildman–Crippen MR) is 104 cm³/mol. The minimum absolute atomic E-state index is 0.106. The number of carbonyl (C=O) groups excluding carboxylic acids is 1. The Kier molecular flexibility index (Phi) is 4.30. The van der Waals surface area contributed by atoms with Gasteiger partial charge in [0.1, 0.15) is 10.9 Å². The van der Waals surface area contributed by atoms with Gasteiger partial charge in [0.25, 0.3) is 17.1 Å². The highest BCUT2D eigenvalue weighted by atomic mass is 16.2. The van der Waals surface area contributed by atoms with Crippen molar-refractivity contribution in [3.05, 3.63) is 45.9 Å². The molecule has 7 heteroatoms. The number of fused-ring (bicyclic) bond motifs is 2. The summed E-state index contributed by atoms with van der Waals surface area (Å²) >= 11 is 0. The van der Waals surface area contributed by atoms with E-state index in [-0.39, 0.29) is 11.5 Å². The molecule has 1 saturated heterocycles. The number of piperidine rings is 1. The van der Waals surface area contributed by atoms with Crippen LogP contribution in [0.2, 0.25) is 0 Å². The first-order chi connectivity index (χ1) is 13.0. The number of nitrogens with two attached hydrogens (primary N) is 1. The first-order valence-electron chi connectivity index (χ1n) is 9.46. The molecule has 0 aliphatic carbocycles. The van der Waals surface area contributed by atoms with Crippen LogP contribution in [-0.4, -0.2) is 33.3 Å². The summed E-state index contributed by atoms with van der Waals surface area (Å²) in [6, 6.07) is 5.36. The Hall–Kier alpha value is -2.96. The van der Waals surface area contributed by atoms with Crippen molar-refractivity contribution in [1.29, 1.82) is 0 Å². The molecule has 0 saturated carbocycles. The maximum atomic E-state index is 13.1. The third-order valence-electron chi connectivity index (χ3n) is 5.37. The first kappa shape index (κ1) is 17.5. The molecular formula is C20H24N5O2+. The Morgan fingerprint density at radius 1 is 1.30 bits per heavy atom. The SMILES string of the molecule is CC[n+]1c(N)c(C(=O)N2CCCCC2)cc2c(=O)n3cccc(C)c3nc21. The average molecular weight is 366 g/mol. The molecule has 0 spiro atoms. The highest BCUT2D eigenvalue weighted by molar-refractivity contribution is 6.00. The van der Waals surface area contributed by atoms with Gasteiger partial charge in [-0.3, -0.25) is 14.0 Å². The molecule has 0 bridgehead atoms. The normalized spacial score (nSPS) is 14.8. The minimum atomic E-state index is -0.186. The number of aromatic nitrogens is 3. The van der Waals surface area contributed by atoms with Gasteiger partial charge in [-0.05, 0) is 45.2 Å². The van der Waals surface area contributed by atoms with Crippen LogP contribution in [0.3, 0.4) is 0 Å². The van der Waals surface area contributed by atoms with E-state index in [2.05, 4.69) is 0 Å². The molecule has 3 aromatic rings. The summed E-state index contributed by atoms with van der Waals surface area (Å²) in [5.74, 6) is 0.260. The zero-order valence-electron chi connectivity index (χ0n) is 15.7. The van der Waals surface area contributed by atoms with Gasteiger partial charge in [-0.15, -0.1) is 0 Å². The van der Waals surface area contributed by atoms with E-state index in [9.17, 15) is 9.59 Å². The number of rotatable bonds is 2. The maximum Gasteiger partial charge on any atom is 0.278 e. The van der Waals surface area contributed by atoms with E-state index in [1.54, 1.807) is 16.8 Å². The topological polar surface area (TPSA) is 84.6 Å². The molecule has 7 nitrogen and oxygen atoms in total. The Morgan fingerprint density at radius 2 is 2.04 bits per heavy atom. The maximum absolute atomic E-state index is 13.1. The standard InChI is InChI=1S/C20H23N5O2/c1-3-24-16(21)14(19(26)23-9-5-4-6-10-23)12-15-18(24)22-17-13(2)8-7-11-25(17)20(15)27/h7-8,11-12,21H,3-6,9-10H2,1-2H3/p+1. The van der Waals surface area contributed by atoms with Crippen LogP contribution in [0.4, 0.5) is 5.82 Å². The second-order valence-corrected chi connectivity index (χ2v) is 7.08. The van der Waals surface area contributed by atoms with Crippen LogP contribution in [0.25, 0.3) is 16.7 Å². The lowest BCUT2D eigenvalue weighted by Crippen LogP contribution is -2.43. The van der Waals surface area contributed by atoms with E-state index >= 15 is 0 Å². The van der Waals surface area contributed by atoms with Crippen LogP contribution in [0.1, 0.15) is 42.1 Å². The number of pyridine rings is 2. The van der Waals surface area contributed by atoms with Crippen molar-refractivity contribution in [2.24, 2.45) is 0 Å². The van der Waals surface area contributed by atoms with Crippen LogP contribution in [-0.2, 0) is 6.54 Å². The Bertz CT molecular complexity index is 1110. The average Bonchev–Trinajstić information content (AvgIpc) is 2.69. The van der Waals surface area contributed by atoms with Crippen molar-refractivity contribution < 1.29 is 9.36 Å². The number of aryl methyl sites for hydroxylation is 2. The van der Waals surface area contributed by atoms with Crippen molar-refractivity contribution in [2.45, 2.75) is 39.7 Å². The van der Waals surface area contributed by atoms with Crippen LogP contribution < -0.4 is 15.9 Å². The van der Waals surface area contributed by atoms with Crippen molar-refractivity contribution in [2.75, 3.05) is 18.8 Å². The van der Waals surface area contributed by atoms with E-state index in [1.807, 2.05) is 30.9 Å². The molecule has 27 heavy (non-hydrogen) atoms. The lowest BCUT2D eigenvalue weighted by Gasteiger charge is -2.27. The summed E-state index contributed by atoms with van der Waals surface area (Å²) in [6.07, 6.45) is 4.85. The minimum Gasteiger partial charge on any atom is -0.338 e. The summed E-state index contributed by atoms with van der Waals surface area (Å²) in [4.78, 5) is 32.7. The van der Waals surface area contributed by atoms with Crippen LogP contribution in [0.15, 0.2) is 29.2 Å². The lowest BCUT2D eigenvalue weighted by molar-refractivity contribution is -0.655. The Labute approximate surface area is 157 Å². The van der Waals surface area contributed by atoms with Gasteiger partial charge in [0.15, 0.2) is 0 Å². The van der Waals surface area contributed by atoms with Crippen LogP contribution >= 0.6 is 0 Å². The molecule has 0 atom stereocenters. The van der Waals surface area contributed by atoms with Crippen molar-refractivity contribution in [3.8, 4) is 0 Å². The van der Waals surface area contributed by atoms with E-state index in [4.69, 9.17) is 10.7 Å². The monoisotopic (exact) mass is 366 g/mol. The van der Waals surface area contributed by atoms with Gasteiger partial charge in [-0.1, -0.05) is 11.1 Å². The van der Waals surface area contributed by atoms with Gasteiger partial charge in [0.05, 0.1) is 6.54 Å². The summed E-state index contributed by atoms with van der Waals surface area (Å²) < 4.78 is 3.30. The summed E-state index contributed by atoms with van der Waals surface area (Å²) in [5.41, 5.74) is 8.60. The number of amides is 1. The Balaban J connectivity index is 2.01. The van der Waals surface area contributed by atoms with E-state index in [0.29, 0.717) is 34.6 Å². The van der Waals surface area contributed by atoms with Crippen molar-refractivity contribution in [3.63, 3.8) is 0 Å². The summed E-state index contributed by atoms with van der Waals surface area (Å²) in [7, 11) is 0. The molecule has 3 aromatic heterocycles. The van der Waals surface area contributed by atoms with Gasteiger partial charge in [0.2, 0.25) is 11.5 Å². The number of hydrogen-bond donors (Lipinski definition) is 1. The highest BCUT2D eigenvalue weighted by Crippen LogP contribution is 2.19. The predicted octanol–water partition coefficient (Wildman–Crippen LogP) is 1.67. The molecule has 0 unspecified atom stereocenters. The third-order valence-corrected chi connectivity index (χ3v) is 5.37. The summed E-state index contributed by atoms with van der Waals surface area (Å²) in [5, 5.41) is 0.412. The second kappa shape index (κ2) is 6.64. The van der Waals surface area contributed by atoms with Gasteiger partial charge in [-0.2, -0.15) is 0 Å². The molecule has 4 rings (SSSR count). The number of carbonyl (C=O) groups is 1. The van der Waals surface area contributed by atoms with Gasteiger partial charge in [-0.25, -0.2) is 4.57 Å². The Morgan fingerprint density at radius 3 is 2.74 bits per heavy atom. The van der Waals surface area contributed by atoms with Crippen molar-refractivity contribution in [1.82, 2.24) is 14.3 Å². The number of likely N-dealkylation sites (tertiary alicyclic amines) is 1. The van der Waals surface area contributed by atoms with Gasteiger partial charge < -0.3 is 10.6 Å². The van der Waals surface area contributed by atoms with Crippen LogP contribution in [0, 0.1) is 6.92 Å². The quantitative estimate of drug-likeness (QED) is 0.552. The van der Waals surface area contributed by atoms with E-state index in [1.165, 1.54) is 4.40 Å². The largest absolute Gasteiger partial charge is 0.338 e. The zero-order chi connectivity index (χ0) is 19.1. The van der Waals surface area contributed by atoms with Gasteiger partial charge in [0, 0.05) is 24.8 Å². The molecule has 1 fully saturated rings. The molecule has 4 heterocycles. The molecule has 0 radical (unpaired) electrons. The fourth-order valence-corrected chi connectivity index (χ4v) is 3.87. The summed E-state index contributed by atoms with van der Waals surface area (Å²) in [6.45, 7) is 5.85. The van der Waals surface area contributed by atoms with Crippen LogP contribution in [0.5, 0.6) is 0 Å². The molecule has 140 valence electrons. The number of nitrogens with zero attached hydrogens (tertiary/aromatic N) is 4. The van der Waals surface area contributed by atoms with Crippen molar-refractivity contribution >= 4 is 28.4 Å². The molecule has 2 N–H and O–H groups in total. The lowest BCUT2D eigenvalue weighted by atomic mass is 10.1.